The van der Waals surface area contributed by atoms with Crippen LogP contribution in [0.1, 0.15) is 51.8 Å². The smallest absolute Gasteiger partial charge is 0.308 e. The molecule has 5 rings (SSSR count). The Morgan fingerprint density at radius 2 is 1.91 bits per heavy atom. The van der Waals surface area contributed by atoms with Crippen LogP contribution in [0.15, 0.2) is 51.2 Å². The van der Waals surface area contributed by atoms with E-state index in [1.165, 1.54) is 13.0 Å². The van der Waals surface area contributed by atoms with Crippen LogP contribution in [-0.4, -0.2) is 16.7 Å². The van der Waals surface area contributed by atoms with Gasteiger partial charge in [-0.2, -0.15) is 0 Å². The quantitative estimate of drug-likeness (QED) is 0.299. The van der Waals surface area contributed by atoms with Gasteiger partial charge in [0.05, 0.1) is 16.7 Å². The van der Waals surface area contributed by atoms with E-state index in [-0.39, 0.29) is 27.7 Å². The SMILES string of the molecule is CC(=O)Oc1ccc2c(c1)O[C@H](C=C(C)C)c1c-2oc2c3c(cc(O)c2c1=O)OC(C)(C)C=C3. The second kappa shape index (κ2) is 7.52. The van der Waals surface area contributed by atoms with Crippen LogP contribution < -0.4 is 19.6 Å². The molecular weight excluding hydrogens is 436 g/mol. The number of allylic oxidation sites excluding steroid dienone is 1. The van der Waals surface area contributed by atoms with Crippen molar-refractivity contribution in [2.75, 3.05) is 0 Å². The third-order valence-corrected chi connectivity index (χ3v) is 5.69. The Bertz CT molecular complexity index is 1480. The van der Waals surface area contributed by atoms with Crippen LogP contribution in [0.2, 0.25) is 0 Å². The fourth-order valence-electron chi connectivity index (χ4n) is 4.29. The topological polar surface area (TPSA) is 95.2 Å². The number of carbonyl (C=O) groups excluding carboxylic acids is 1. The van der Waals surface area contributed by atoms with Crippen molar-refractivity contribution in [1.29, 1.82) is 0 Å². The van der Waals surface area contributed by atoms with Crippen LogP contribution in [0, 0.1) is 0 Å². The fourth-order valence-corrected chi connectivity index (χ4v) is 4.29. The van der Waals surface area contributed by atoms with Crippen LogP contribution in [0.25, 0.3) is 28.4 Å². The van der Waals surface area contributed by atoms with Crippen LogP contribution in [0.5, 0.6) is 23.0 Å². The normalized spacial score (nSPS) is 17.0. The van der Waals surface area contributed by atoms with E-state index in [4.69, 9.17) is 18.6 Å². The van der Waals surface area contributed by atoms with Crippen molar-refractivity contribution in [3.8, 4) is 34.3 Å². The highest BCUT2D eigenvalue weighted by Crippen LogP contribution is 2.47. The van der Waals surface area contributed by atoms with Crippen molar-refractivity contribution >= 4 is 23.0 Å². The minimum atomic E-state index is -0.748. The van der Waals surface area contributed by atoms with E-state index in [1.54, 1.807) is 18.2 Å². The zero-order valence-corrected chi connectivity index (χ0v) is 19.5. The molecule has 0 bridgehead atoms. The third-order valence-electron chi connectivity index (χ3n) is 5.69. The summed E-state index contributed by atoms with van der Waals surface area (Å²) in [5, 5.41) is 10.9. The first-order chi connectivity index (χ1) is 16.0. The van der Waals surface area contributed by atoms with E-state index in [9.17, 15) is 14.7 Å². The fraction of sp³-hybridized carbons (Fsp3) is 0.259. The van der Waals surface area contributed by atoms with Crippen LogP contribution in [0.4, 0.5) is 0 Å². The Hall–Kier alpha value is -4.00. The van der Waals surface area contributed by atoms with Crippen LogP contribution in [-0.2, 0) is 4.79 Å². The molecule has 3 aromatic rings. The second-order valence-corrected chi connectivity index (χ2v) is 9.26. The Balaban J connectivity index is 1.83. The summed E-state index contributed by atoms with van der Waals surface area (Å²) in [6.07, 6.45) is 4.78. The maximum Gasteiger partial charge on any atom is 0.308 e. The number of hydrogen-bond donors (Lipinski definition) is 1. The Labute approximate surface area is 195 Å². The molecule has 7 heteroatoms. The number of hydrogen-bond acceptors (Lipinski definition) is 7. The zero-order chi connectivity index (χ0) is 24.4. The Morgan fingerprint density at radius 1 is 1.15 bits per heavy atom. The molecule has 2 aliphatic rings. The number of esters is 1. The predicted octanol–water partition coefficient (Wildman–Crippen LogP) is 5.67. The minimum Gasteiger partial charge on any atom is -0.507 e. The maximum atomic E-state index is 13.8. The van der Waals surface area contributed by atoms with Crippen molar-refractivity contribution in [2.24, 2.45) is 0 Å². The van der Waals surface area contributed by atoms with Gasteiger partial charge in [-0.25, -0.2) is 0 Å². The summed E-state index contributed by atoms with van der Waals surface area (Å²) in [6, 6.07) is 6.34. The third kappa shape index (κ3) is 3.53. The van der Waals surface area contributed by atoms with Crippen molar-refractivity contribution in [2.45, 2.75) is 46.3 Å². The van der Waals surface area contributed by atoms with Gasteiger partial charge in [-0.3, -0.25) is 9.59 Å². The summed E-state index contributed by atoms with van der Waals surface area (Å²) < 4.78 is 23.7. The molecular formula is C27H24O7. The number of phenols is 1. The molecule has 2 aromatic carbocycles. The summed E-state index contributed by atoms with van der Waals surface area (Å²) in [5.74, 6) is 0.830. The monoisotopic (exact) mass is 460 g/mol. The first-order valence-electron chi connectivity index (χ1n) is 10.9. The number of benzene rings is 2. The van der Waals surface area contributed by atoms with Gasteiger partial charge in [0.15, 0.2) is 5.58 Å². The molecule has 0 fully saturated rings. The van der Waals surface area contributed by atoms with E-state index in [1.807, 2.05) is 45.9 Å². The maximum absolute atomic E-state index is 13.8. The van der Waals surface area contributed by atoms with Crippen molar-refractivity contribution in [3.05, 3.63) is 63.3 Å². The highest BCUT2D eigenvalue weighted by molar-refractivity contribution is 5.95. The summed E-state index contributed by atoms with van der Waals surface area (Å²) in [6.45, 7) is 8.91. The lowest BCUT2D eigenvalue weighted by molar-refractivity contribution is -0.131. The molecule has 7 nitrogen and oxygen atoms in total. The molecule has 0 aliphatic carbocycles. The predicted molar refractivity (Wildman–Crippen MR) is 127 cm³/mol. The largest absolute Gasteiger partial charge is 0.507 e. The highest BCUT2D eigenvalue weighted by atomic mass is 16.5. The molecule has 34 heavy (non-hydrogen) atoms. The minimum absolute atomic E-state index is 0.0706. The number of ether oxygens (including phenoxy) is 3. The van der Waals surface area contributed by atoms with Crippen molar-refractivity contribution in [3.63, 3.8) is 0 Å². The zero-order valence-electron chi connectivity index (χ0n) is 19.5. The molecule has 174 valence electrons. The van der Waals surface area contributed by atoms with Gasteiger partial charge in [0.2, 0.25) is 5.43 Å². The number of rotatable bonds is 2. The van der Waals surface area contributed by atoms with Gasteiger partial charge in [-0.15, -0.1) is 0 Å². The average molecular weight is 460 g/mol. The van der Waals surface area contributed by atoms with Gasteiger partial charge in [-0.1, -0.05) is 5.57 Å². The van der Waals surface area contributed by atoms with E-state index in [2.05, 4.69) is 0 Å². The molecule has 0 radical (unpaired) electrons. The van der Waals surface area contributed by atoms with E-state index >= 15 is 0 Å². The van der Waals surface area contributed by atoms with Gasteiger partial charge < -0.3 is 23.7 Å². The number of fused-ring (bicyclic) bond motifs is 6. The molecule has 1 aromatic heterocycles. The van der Waals surface area contributed by atoms with Crippen LogP contribution in [0.3, 0.4) is 0 Å². The summed E-state index contributed by atoms with van der Waals surface area (Å²) in [7, 11) is 0. The molecule has 3 heterocycles. The summed E-state index contributed by atoms with van der Waals surface area (Å²) >= 11 is 0. The molecule has 0 unspecified atom stereocenters. The average Bonchev–Trinajstić information content (AvgIpc) is 2.71. The molecule has 1 N–H and O–H groups in total. The van der Waals surface area contributed by atoms with Crippen molar-refractivity contribution in [1.82, 2.24) is 0 Å². The van der Waals surface area contributed by atoms with Gasteiger partial charge in [0.1, 0.15) is 45.8 Å². The Kier molecular flexibility index (Phi) is 4.82. The number of aromatic hydroxyl groups is 1. The summed E-state index contributed by atoms with van der Waals surface area (Å²) in [5.41, 5.74) is 1.63. The molecule has 0 spiro atoms. The van der Waals surface area contributed by atoms with E-state index in [0.717, 1.165) is 5.57 Å². The molecule has 2 aliphatic heterocycles. The highest BCUT2D eigenvalue weighted by Gasteiger charge is 2.34. The lowest BCUT2D eigenvalue weighted by Crippen LogP contribution is -2.28. The van der Waals surface area contributed by atoms with E-state index in [0.29, 0.717) is 34.1 Å². The van der Waals surface area contributed by atoms with Crippen LogP contribution >= 0.6 is 0 Å². The molecule has 1 atom stereocenters. The molecule has 0 amide bonds. The number of carbonyl (C=O) groups is 1. The van der Waals surface area contributed by atoms with Crippen molar-refractivity contribution < 1.29 is 28.5 Å². The molecule has 0 saturated carbocycles. The van der Waals surface area contributed by atoms with Gasteiger partial charge >= 0.3 is 5.97 Å². The van der Waals surface area contributed by atoms with Gasteiger partial charge in [0, 0.05) is 19.1 Å². The first kappa shape index (κ1) is 21.8. The standard InChI is InChI=1S/C27H24O7/c1-13(2)10-21-23-24(30)22-18(29)12-20-17(8-9-27(4,5)34-20)25(22)33-26(23)16-7-6-15(31-14(3)28)11-19(16)32-21/h6-12,21,29H,1-5H3/t21-/m1/s1. The summed E-state index contributed by atoms with van der Waals surface area (Å²) in [4.78, 5) is 25.2. The lowest BCUT2D eigenvalue weighted by Gasteiger charge is -2.29. The number of phenolic OH excluding ortho intramolecular Hbond substituents is 1. The second-order valence-electron chi connectivity index (χ2n) is 9.26. The van der Waals surface area contributed by atoms with Gasteiger partial charge in [-0.05, 0) is 58.1 Å². The Morgan fingerprint density at radius 3 is 2.62 bits per heavy atom. The van der Waals surface area contributed by atoms with E-state index < -0.39 is 17.7 Å². The lowest BCUT2D eigenvalue weighted by atomic mass is 9.94. The molecule has 0 saturated heterocycles. The van der Waals surface area contributed by atoms with Gasteiger partial charge in [0.25, 0.3) is 0 Å². The first-order valence-corrected chi connectivity index (χ1v) is 10.9.